The van der Waals surface area contributed by atoms with Gasteiger partial charge in [0.15, 0.2) is 0 Å². The minimum Gasteiger partial charge on any atom is -0.338 e. The van der Waals surface area contributed by atoms with Crippen molar-refractivity contribution in [1.82, 2.24) is 14.9 Å². The standard InChI is InChI=1S/C22H27N3O2S/c1-13(2)20(16-9-7-6-8-10-16)25(5)18(26)12-11-17-23-21(27)19-14(3)15(4)28-22(19)24-17/h6-10,13,20H,11-12H2,1-5H3,(H,23,24,27)/t20-/m0/s1. The number of rotatable bonds is 6. The minimum atomic E-state index is -0.119. The molecule has 148 valence electrons. The molecule has 1 amide bonds. The molecule has 3 rings (SSSR count). The van der Waals surface area contributed by atoms with Gasteiger partial charge in [-0.05, 0) is 30.9 Å². The number of benzene rings is 1. The Morgan fingerprint density at radius 3 is 2.54 bits per heavy atom. The van der Waals surface area contributed by atoms with Crippen LogP contribution < -0.4 is 5.56 Å². The molecule has 0 bridgehead atoms. The van der Waals surface area contributed by atoms with E-state index in [1.165, 1.54) is 11.3 Å². The fourth-order valence-electron chi connectivity index (χ4n) is 3.68. The number of carbonyl (C=O) groups is 1. The Kier molecular flexibility index (Phi) is 5.98. The summed E-state index contributed by atoms with van der Waals surface area (Å²) in [4.78, 5) is 36.4. The third-order valence-corrected chi connectivity index (χ3v) is 6.35. The zero-order valence-electron chi connectivity index (χ0n) is 17.1. The second-order valence-electron chi connectivity index (χ2n) is 7.58. The zero-order chi connectivity index (χ0) is 20.4. The van der Waals surface area contributed by atoms with Crippen LogP contribution in [0.1, 0.15) is 48.1 Å². The number of hydrogen-bond donors (Lipinski definition) is 1. The highest BCUT2D eigenvalue weighted by Crippen LogP contribution is 2.28. The Balaban J connectivity index is 1.76. The molecule has 2 aromatic heterocycles. The lowest BCUT2D eigenvalue weighted by molar-refractivity contribution is -0.133. The largest absolute Gasteiger partial charge is 0.338 e. The van der Waals surface area contributed by atoms with Crippen molar-refractivity contribution in [1.29, 1.82) is 0 Å². The molecule has 0 fully saturated rings. The van der Waals surface area contributed by atoms with Crippen LogP contribution >= 0.6 is 11.3 Å². The van der Waals surface area contributed by atoms with Crippen molar-refractivity contribution >= 4 is 27.5 Å². The Bertz CT molecular complexity index is 1040. The van der Waals surface area contributed by atoms with E-state index in [2.05, 4.69) is 35.9 Å². The lowest BCUT2D eigenvalue weighted by Crippen LogP contribution is -2.34. The molecule has 3 aromatic rings. The highest BCUT2D eigenvalue weighted by molar-refractivity contribution is 7.18. The third-order valence-electron chi connectivity index (χ3n) is 5.25. The van der Waals surface area contributed by atoms with Crippen LogP contribution in [0.4, 0.5) is 0 Å². The van der Waals surface area contributed by atoms with E-state index in [-0.39, 0.29) is 17.5 Å². The van der Waals surface area contributed by atoms with E-state index < -0.39 is 0 Å². The van der Waals surface area contributed by atoms with E-state index in [1.807, 2.05) is 44.0 Å². The van der Waals surface area contributed by atoms with Gasteiger partial charge < -0.3 is 9.88 Å². The first kappa shape index (κ1) is 20.3. The van der Waals surface area contributed by atoms with Gasteiger partial charge in [0.25, 0.3) is 5.56 Å². The summed E-state index contributed by atoms with van der Waals surface area (Å²) in [5.74, 6) is 0.910. The predicted octanol–water partition coefficient (Wildman–Crippen LogP) is 4.39. The highest BCUT2D eigenvalue weighted by Gasteiger charge is 2.24. The maximum absolute atomic E-state index is 12.9. The average molecular weight is 398 g/mol. The number of nitrogens with zero attached hydrogens (tertiary/aromatic N) is 2. The summed E-state index contributed by atoms with van der Waals surface area (Å²) in [5, 5.41) is 0.665. The summed E-state index contributed by atoms with van der Waals surface area (Å²) in [6.45, 7) is 8.18. The quantitative estimate of drug-likeness (QED) is 0.671. The number of H-pyrrole nitrogens is 1. The number of thiophene rings is 1. The molecule has 0 aliphatic rings. The van der Waals surface area contributed by atoms with Crippen molar-refractivity contribution in [2.45, 2.75) is 46.6 Å². The van der Waals surface area contributed by atoms with Crippen molar-refractivity contribution in [3.8, 4) is 0 Å². The van der Waals surface area contributed by atoms with Gasteiger partial charge in [-0.2, -0.15) is 0 Å². The Morgan fingerprint density at radius 2 is 1.89 bits per heavy atom. The lowest BCUT2D eigenvalue weighted by Gasteiger charge is -2.32. The van der Waals surface area contributed by atoms with Crippen LogP contribution in [0.25, 0.3) is 10.2 Å². The molecular weight excluding hydrogens is 370 g/mol. The van der Waals surface area contributed by atoms with E-state index in [1.54, 1.807) is 0 Å². The maximum atomic E-state index is 12.9. The number of amides is 1. The van der Waals surface area contributed by atoms with Gasteiger partial charge in [0.1, 0.15) is 10.7 Å². The zero-order valence-corrected chi connectivity index (χ0v) is 17.9. The normalized spacial score (nSPS) is 12.5. The molecule has 0 saturated heterocycles. The maximum Gasteiger partial charge on any atom is 0.259 e. The molecule has 5 nitrogen and oxygen atoms in total. The number of aromatic amines is 1. The Labute approximate surface area is 169 Å². The summed E-state index contributed by atoms with van der Waals surface area (Å²) in [7, 11) is 1.85. The second-order valence-corrected chi connectivity index (χ2v) is 8.78. The summed E-state index contributed by atoms with van der Waals surface area (Å²) >= 11 is 1.53. The molecule has 1 atom stereocenters. The van der Waals surface area contributed by atoms with Gasteiger partial charge in [-0.1, -0.05) is 44.2 Å². The molecule has 0 radical (unpaired) electrons. The lowest BCUT2D eigenvalue weighted by atomic mass is 9.94. The topological polar surface area (TPSA) is 66.1 Å². The Hall–Kier alpha value is -2.47. The molecule has 1 N–H and O–H groups in total. The van der Waals surface area contributed by atoms with E-state index in [4.69, 9.17) is 0 Å². The summed E-state index contributed by atoms with van der Waals surface area (Å²) < 4.78 is 0. The monoisotopic (exact) mass is 397 g/mol. The number of hydrogen-bond acceptors (Lipinski definition) is 4. The second kappa shape index (κ2) is 8.27. The number of nitrogens with one attached hydrogen (secondary N) is 1. The minimum absolute atomic E-state index is 0.0192. The molecule has 28 heavy (non-hydrogen) atoms. The van der Waals surface area contributed by atoms with E-state index in [0.717, 1.165) is 20.8 Å². The van der Waals surface area contributed by atoms with Crippen LogP contribution in [0.5, 0.6) is 0 Å². The van der Waals surface area contributed by atoms with Crippen LogP contribution in [0, 0.1) is 19.8 Å². The van der Waals surface area contributed by atoms with Crippen LogP contribution in [-0.2, 0) is 11.2 Å². The van der Waals surface area contributed by atoms with Crippen molar-refractivity contribution in [3.63, 3.8) is 0 Å². The molecule has 1 aromatic carbocycles. The fourth-order valence-corrected chi connectivity index (χ4v) is 4.73. The van der Waals surface area contributed by atoms with Crippen LogP contribution in [0.3, 0.4) is 0 Å². The van der Waals surface area contributed by atoms with Gasteiger partial charge in [-0.3, -0.25) is 9.59 Å². The first-order valence-electron chi connectivity index (χ1n) is 9.59. The first-order valence-corrected chi connectivity index (χ1v) is 10.4. The van der Waals surface area contributed by atoms with Gasteiger partial charge in [0.05, 0.1) is 11.4 Å². The molecule has 0 aliphatic carbocycles. The SMILES string of the molecule is Cc1sc2nc(CCC(=O)N(C)[C@H](c3ccccc3)C(C)C)[nH]c(=O)c2c1C. The molecule has 0 saturated carbocycles. The van der Waals surface area contributed by atoms with Crippen molar-refractivity contribution in [3.05, 3.63) is 62.5 Å². The summed E-state index contributed by atoms with van der Waals surface area (Å²) in [6.07, 6.45) is 0.730. The van der Waals surface area contributed by atoms with Gasteiger partial charge in [0, 0.05) is 24.8 Å². The van der Waals surface area contributed by atoms with Gasteiger partial charge >= 0.3 is 0 Å². The molecular formula is C22H27N3O2S. The molecule has 0 aliphatic heterocycles. The number of aromatic nitrogens is 2. The smallest absolute Gasteiger partial charge is 0.259 e. The highest BCUT2D eigenvalue weighted by atomic mass is 32.1. The van der Waals surface area contributed by atoms with Gasteiger partial charge in [-0.15, -0.1) is 11.3 Å². The van der Waals surface area contributed by atoms with Crippen LogP contribution in [0.2, 0.25) is 0 Å². The number of aryl methyl sites for hydroxylation is 3. The van der Waals surface area contributed by atoms with Crippen molar-refractivity contribution in [2.75, 3.05) is 7.05 Å². The van der Waals surface area contributed by atoms with E-state index in [0.29, 0.717) is 30.0 Å². The number of fused-ring (bicyclic) bond motifs is 1. The van der Waals surface area contributed by atoms with Gasteiger partial charge in [0.2, 0.25) is 5.91 Å². The average Bonchev–Trinajstić information content (AvgIpc) is 2.94. The molecule has 0 spiro atoms. The van der Waals surface area contributed by atoms with E-state index in [9.17, 15) is 9.59 Å². The summed E-state index contributed by atoms with van der Waals surface area (Å²) in [5.41, 5.74) is 2.00. The Morgan fingerprint density at radius 1 is 1.21 bits per heavy atom. The van der Waals surface area contributed by atoms with Crippen LogP contribution in [0.15, 0.2) is 35.1 Å². The molecule has 2 heterocycles. The van der Waals surface area contributed by atoms with Crippen LogP contribution in [-0.4, -0.2) is 27.8 Å². The van der Waals surface area contributed by atoms with Gasteiger partial charge in [-0.25, -0.2) is 4.98 Å². The molecule has 6 heteroatoms. The summed E-state index contributed by atoms with van der Waals surface area (Å²) in [6, 6.07) is 10.1. The van der Waals surface area contributed by atoms with E-state index >= 15 is 0 Å². The molecule has 0 unspecified atom stereocenters. The van der Waals surface area contributed by atoms with Crippen molar-refractivity contribution < 1.29 is 4.79 Å². The fraction of sp³-hybridized carbons (Fsp3) is 0.409. The first-order chi connectivity index (χ1) is 13.3. The number of carbonyl (C=O) groups excluding carboxylic acids is 1. The third kappa shape index (κ3) is 4.02. The predicted molar refractivity (Wildman–Crippen MR) is 115 cm³/mol. The van der Waals surface area contributed by atoms with Crippen molar-refractivity contribution in [2.24, 2.45) is 5.92 Å².